The molecule has 1 aromatic carbocycles. The van der Waals surface area contributed by atoms with Gasteiger partial charge in [-0.2, -0.15) is 0 Å². The maximum Gasteiger partial charge on any atom is 0.320 e. The standard InChI is InChI=1S/C15H20FN3O2/c16-13-3-1-2-4-14(13)17-5-7-18(8-6-17)15(20)19-9-11-21-12-10-19/h1-4H,5-12H2. The van der Waals surface area contributed by atoms with Gasteiger partial charge in [0.15, 0.2) is 0 Å². The molecule has 2 saturated heterocycles. The van der Waals surface area contributed by atoms with Gasteiger partial charge in [0.1, 0.15) is 5.82 Å². The molecule has 2 fully saturated rings. The van der Waals surface area contributed by atoms with Crippen LogP contribution in [-0.4, -0.2) is 68.3 Å². The molecule has 6 heteroatoms. The first-order valence-electron chi connectivity index (χ1n) is 7.37. The average Bonchev–Trinajstić information content (AvgIpc) is 2.56. The number of anilines is 1. The monoisotopic (exact) mass is 293 g/mol. The summed E-state index contributed by atoms with van der Waals surface area (Å²) in [7, 11) is 0. The maximum absolute atomic E-state index is 13.8. The molecule has 2 aliphatic rings. The minimum Gasteiger partial charge on any atom is -0.378 e. The summed E-state index contributed by atoms with van der Waals surface area (Å²) >= 11 is 0. The van der Waals surface area contributed by atoms with Crippen molar-refractivity contribution in [1.29, 1.82) is 0 Å². The number of carbonyl (C=O) groups excluding carboxylic acids is 1. The second-order valence-corrected chi connectivity index (χ2v) is 5.31. The van der Waals surface area contributed by atoms with Crippen LogP contribution in [0.1, 0.15) is 0 Å². The lowest BCUT2D eigenvalue weighted by molar-refractivity contribution is 0.0428. The number of morpholine rings is 1. The summed E-state index contributed by atoms with van der Waals surface area (Å²) in [4.78, 5) is 18.1. The Hall–Kier alpha value is -1.82. The lowest BCUT2D eigenvalue weighted by atomic mass is 10.2. The van der Waals surface area contributed by atoms with Crippen LogP contribution < -0.4 is 4.90 Å². The summed E-state index contributed by atoms with van der Waals surface area (Å²) in [5.74, 6) is -0.203. The van der Waals surface area contributed by atoms with Gasteiger partial charge in [-0.1, -0.05) is 12.1 Å². The van der Waals surface area contributed by atoms with Crippen LogP contribution in [0.25, 0.3) is 0 Å². The smallest absolute Gasteiger partial charge is 0.320 e. The van der Waals surface area contributed by atoms with Crippen LogP contribution >= 0.6 is 0 Å². The number of hydrogen-bond donors (Lipinski definition) is 0. The molecular formula is C15H20FN3O2. The van der Waals surface area contributed by atoms with Crippen LogP contribution in [0.2, 0.25) is 0 Å². The minimum absolute atomic E-state index is 0.0754. The highest BCUT2D eigenvalue weighted by Gasteiger charge is 2.26. The molecule has 5 nitrogen and oxygen atoms in total. The van der Waals surface area contributed by atoms with Gasteiger partial charge in [0.2, 0.25) is 0 Å². The van der Waals surface area contributed by atoms with E-state index in [4.69, 9.17) is 4.74 Å². The number of urea groups is 1. The van der Waals surface area contributed by atoms with Crippen molar-refractivity contribution in [2.24, 2.45) is 0 Å². The summed E-state index contributed by atoms with van der Waals surface area (Å²) in [6.07, 6.45) is 0. The van der Waals surface area contributed by atoms with Gasteiger partial charge in [0.05, 0.1) is 18.9 Å². The van der Waals surface area contributed by atoms with Gasteiger partial charge in [0.25, 0.3) is 0 Å². The van der Waals surface area contributed by atoms with Crippen LogP contribution in [0.4, 0.5) is 14.9 Å². The first-order valence-corrected chi connectivity index (χ1v) is 7.37. The van der Waals surface area contributed by atoms with E-state index in [1.165, 1.54) is 6.07 Å². The number of carbonyl (C=O) groups is 1. The maximum atomic E-state index is 13.8. The Labute approximate surface area is 123 Å². The zero-order valence-electron chi connectivity index (χ0n) is 12.0. The largest absolute Gasteiger partial charge is 0.378 e. The Balaban J connectivity index is 1.57. The van der Waals surface area contributed by atoms with E-state index in [0.717, 1.165) is 0 Å². The number of benzene rings is 1. The normalized spacial score (nSPS) is 19.8. The van der Waals surface area contributed by atoms with Crippen LogP contribution in [0.15, 0.2) is 24.3 Å². The molecule has 0 atom stereocenters. The molecule has 114 valence electrons. The van der Waals surface area contributed by atoms with Gasteiger partial charge in [-0.25, -0.2) is 9.18 Å². The first kappa shape index (κ1) is 14.1. The van der Waals surface area contributed by atoms with Gasteiger partial charge in [-0.05, 0) is 12.1 Å². The number of hydrogen-bond acceptors (Lipinski definition) is 3. The zero-order valence-corrected chi connectivity index (χ0v) is 12.0. The van der Waals surface area contributed by atoms with Crippen molar-refractivity contribution >= 4 is 11.7 Å². The van der Waals surface area contributed by atoms with Gasteiger partial charge in [0, 0.05) is 39.3 Å². The summed E-state index contributed by atoms with van der Waals surface area (Å²) in [6.45, 7) is 5.13. The molecule has 0 bridgehead atoms. The molecule has 3 rings (SSSR count). The summed E-state index contributed by atoms with van der Waals surface area (Å²) in [6, 6.07) is 6.86. The van der Waals surface area contributed by atoms with E-state index in [-0.39, 0.29) is 11.8 Å². The average molecular weight is 293 g/mol. The van der Waals surface area contributed by atoms with Crippen LogP contribution in [0.3, 0.4) is 0 Å². The van der Waals surface area contributed by atoms with Gasteiger partial charge in [-0.3, -0.25) is 0 Å². The molecule has 0 aromatic heterocycles. The van der Waals surface area contributed by atoms with E-state index in [9.17, 15) is 9.18 Å². The number of para-hydroxylation sites is 1. The van der Waals surface area contributed by atoms with Crippen LogP contribution in [0, 0.1) is 5.82 Å². The fourth-order valence-corrected chi connectivity index (χ4v) is 2.80. The fourth-order valence-electron chi connectivity index (χ4n) is 2.80. The van der Waals surface area contributed by atoms with Gasteiger partial charge >= 0.3 is 6.03 Å². The minimum atomic E-state index is -0.203. The predicted molar refractivity (Wildman–Crippen MR) is 78.0 cm³/mol. The van der Waals surface area contributed by atoms with Crippen LogP contribution in [0.5, 0.6) is 0 Å². The Morgan fingerprint density at radius 1 is 0.952 bits per heavy atom. The molecule has 0 unspecified atom stereocenters. The molecule has 2 heterocycles. The van der Waals surface area contributed by atoms with E-state index < -0.39 is 0 Å². The topological polar surface area (TPSA) is 36.0 Å². The number of ether oxygens (including phenoxy) is 1. The fraction of sp³-hybridized carbons (Fsp3) is 0.533. The second-order valence-electron chi connectivity index (χ2n) is 5.31. The number of rotatable bonds is 1. The molecule has 0 radical (unpaired) electrons. The summed E-state index contributed by atoms with van der Waals surface area (Å²) < 4.78 is 19.0. The molecule has 0 N–H and O–H groups in total. The van der Waals surface area contributed by atoms with Crippen molar-refractivity contribution in [2.45, 2.75) is 0 Å². The second kappa shape index (κ2) is 6.30. The molecule has 0 aliphatic carbocycles. The number of nitrogens with zero attached hydrogens (tertiary/aromatic N) is 3. The Kier molecular flexibility index (Phi) is 4.24. The van der Waals surface area contributed by atoms with Crippen molar-refractivity contribution in [3.63, 3.8) is 0 Å². The third-order valence-corrected chi connectivity index (χ3v) is 4.02. The molecule has 0 saturated carbocycles. The van der Waals surface area contributed by atoms with Gasteiger partial charge in [-0.15, -0.1) is 0 Å². The first-order chi connectivity index (χ1) is 10.3. The predicted octanol–water partition coefficient (Wildman–Crippen LogP) is 1.40. The summed E-state index contributed by atoms with van der Waals surface area (Å²) in [5.41, 5.74) is 0.621. The van der Waals surface area contributed by atoms with E-state index in [1.54, 1.807) is 12.1 Å². The van der Waals surface area contributed by atoms with E-state index in [0.29, 0.717) is 58.2 Å². The van der Waals surface area contributed by atoms with Crippen LogP contribution in [-0.2, 0) is 4.74 Å². The number of piperazine rings is 1. The summed E-state index contributed by atoms with van der Waals surface area (Å²) in [5, 5.41) is 0. The highest BCUT2D eigenvalue weighted by molar-refractivity contribution is 5.75. The quantitative estimate of drug-likeness (QED) is 0.785. The van der Waals surface area contributed by atoms with E-state index in [1.807, 2.05) is 20.8 Å². The molecule has 0 spiro atoms. The SMILES string of the molecule is O=C(N1CCOCC1)N1CCN(c2ccccc2F)CC1. The molecule has 2 aliphatic heterocycles. The number of amides is 2. The zero-order chi connectivity index (χ0) is 14.7. The molecular weight excluding hydrogens is 273 g/mol. The van der Waals surface area contributed by atoms with Crippen molar-refractivity contribution in [3.8, 4) is 0 Å². The van der Waals surface area contributed by atoms with E-state index >= 15 is 0 Å². The highest BCUT2D eigenvalue weighted by atomic mass is 19.1. The lowest BCUT2D eigenvalue weighted by Crippen LogP contribution is -2.55. The third-order valence-electron chi connectivity index (χ3n) is 4.02. The molecule has 1 aromatic rings. The molecule has 21 heavy (non-hydrogen) atoms. The Morgan fingerprint density at radius 2 is 1.57 bits per heavy atom. The van der Waals surface area contributed by atoms with Crippen molar-refractivity contribution in [2.75, 3.05) is 57.4 Å². The highest BCUT2D eigenvalue weighted by Crippen LogP contribution is 2.20. The number of halogens is 1. The molecule has 2 amide bonds. The van der Waals surface area contributed by atoms with Crippen molar-refractivity contribution in [3.05, 3.63) is 30.1 Å². The lowest BCUT2D eigenvalue weighted by Gasteiger charge is -2.39. The third kappa shape index (κ3) is 3.10. The van der Waals surface area contributed by atoms with Crippen molar-refractivity contribution in [1.82, 2.24) is 9.80 Å². The van der Waals surface area contributed by atoms with Crippen molar-refractivity contribution < 1.29 is 13.9 Å². The Morgan fingerprint density at radius 3 is 2.24 bits per heavy atom. The van der Waals surface area contributed by atoms with E-state index in [2.05, 4.69) is 0 Å². The van der Waals surface area contributed by atoms with Gasteiger partial charge < -0.3 is 19.4 Å². The Bertz CT molecular complexity index is 497.